The van der Waals surface area contributed by atoms with Crippen molar-refractivity contribution in [3.63, 3.8) is 0 Å². The summed E-state index contributed by atoms with van der Waals surface area (Å²) in [6.07, 6.45) is 0.397. The Kier molecular flexibility index (Phi) is 3.77. The highest BCUT2D eigenvalue weighted by molar-refractivity contribution is 7.74. The normalized spacial score (nSPS) is 13.3. The molecule has 0 saturated heterocycles. The Morgan fingerprint density at radius 1 is 1.86 bits per heavy atom. The standard InChI is InChI=1S/C2H4O4S/c3-1-2-6-7(4)5/h1H,2H2,(H,4,5). The van der Waals surface area contributed by atoms with Gasteiger partial charge in [0.15, 0.2) is 0 Å². The van der Waals surface area contributed by atoms with Gasteiger partial charge in [0.1, 0.15) is 12.9 Å². The zero-order chi connectivity index (χ0) is 5.70. The minimum atomic E-state index is -2.30. The van der Waals surface area contributed by atoms with Crippen LogP contribution in [0.2, 0.25) is 0 Å². The summed E-state index contributed by atoms with van der Waals surface area (Å²) in [5.74, 6) is 0. The first-order chi connectivity index (χ1) is 3.27. The van der Waals surface area contributed by atoms with Crippen LogP contribution >= 0.6 is 0 Å². The molecule has 0 radical (unpaired) electrons. The predicted octanol–water partition coefficient (Wildman–Crippen LogP) is -0.661. The number of rotatable bonds is 3. The van der Waals surface area contributed by atoms with Crippen molar-refractivity contribution in [3.05, 3.63) is 0 Å². The third-order valence-electron chi connectivity index (χ3n) is 0.237. The van der Waals surface area contributed by atoms with E-state index in [2.05, 4.69) is 4.18 Å². The van der Waals surface area contributed by atoms with Crippen molar-refractivity contribution in [3.8, 4) is 0 Å². The van der Waals surface area contributed by atoms with E-state index in [1.54, 1.807) is 0 Å². The first-order valence-electron chi connectivity index (χ1n) is 1.45. The lowest BCUT2D eigenvalue weighted by atomic mass is 10.9. The van der Waals surface area contributed by atoms with Crippen LogP contribution < -0.4 is 0 Å². The lowest BCUT2D eigenvalue weighted by Gasteiger charge is -1.84. The smallest absolute Gasteiger partial charge is 0.301 e. The van der Waals surface area contributed by atoms with Gasteiger partial charge in [-0.25, -0.2) is 0 Å². The minimum Gasteiger partial charge on any atom is -0.301 e. The molecule has 0 aromatic rings. The van der Waals surface area contributed by atoms with Crippen LogP contribution in [0.5, 0.6) is 0 Å². The average molecular weight is 124 g/mol. The van der Waals surface area contributed by atoms with Crippen molar-refractivity contribution in [2.45, 2.75) is 0 Å². The summed E-state index contributed by atoms with van der Waals surface area (Å²) in [4.78, 5) is 9.34. The maximum absolute atomic E-state index is 9.49. The molecule has 0 aromatic heterocycles. The van der Waals surface area contributed by atoms with Gasteiger partial charge in [-0.05, 0) is 0 Å². The van der Waals surface area contributed by atoms with Gasteiger partial charge in [0, 0.05) is 0 Å². The van der Waals surface area contributed by atoms with E-state index in [1.165, 1.54) is 0 Å². The Hall–Kier alpha value is -0.260. The van der Waals surface area contributed by atoms with Crippen LogP contribution in [-0.2, 0) is 20.3 Å². The van der Waals surface area contributed by atoms with Crippen LogP contribution in [0.3, 0.4) is 0 Å². The highest BCUT2D eigenvalue weighted by Crippen LogP contribution is 1.71. The molecule has 0 aliphatic rings. The molecule has 1 atom stereocenters. The SMILES string of the molecule is O=CCOS(=O)O. The number of hydrogen-bond acceptors (Lipinski definition) is 3. The quantitative estimate of drug-likeness (QED) is 0.400. The van der Waals surface area contributed by atoms with Crippen molar-refractivity contribution in [2.75, 3.05) is 6.61 Å². The number of carbonyl (C=O) groups excluding carboxylic acids is 1. The zero-order valence-electron chi connectivity index (χ0n) is 3.36. The first-order valence-corrected chi connectivity index (χ1v) is 2.48. The Labute approximate surface area is 43.0 Å². The summed E-state index contributed by atoms with van der Waals surface area (Å²) in [6.45, 7) is -0.330. The summed E-state index contributed by atoms with van der Waals surface area (Å²) in [7, 11) is 0. The Bertz CT molecular complexity index is 79.8. The van der Waals surface area contributed by atoms with Gasteiger partial charge in [-0.1, -0.05) is 0 Å². The van der Waals surface area contributed by atoms with E-state index in [1.807, 2.05) is 0 Å². The maximum atomic E-state index is 9.49. The molecule has 0 rings (SSSR count). The van der Waals surface area contributed by atoms with Crippen molar-refractivity contribution < 1.29 is 17.7 Å². The van der Waals surface area contributed by atoms with Gasteiger partial charge < -0.3 is 4.79 Å². The van der Waals surface area contributed by atoms with Crippen molar-refractivity contribution in [1.82, 2.24) is 0 Å². The fourth-order valence-electron chi connectivity index (χ4n) is 0.0860. The highest BCUT2D eigenvalue weighted by atomic mass is 32.2. The number of hydrogen-bond donors (Lipinski definition) is 1. The van der Waals surface area contributed by atoms with Gasteiger partial charge in [0.2, 0.25) is 0 Å². The topological polar surface area (TPSA) is 63.6 Å². The zero-order valence-corrected chi connectivity index (χ0v) is 4.18. The predicted molar refractivity (Wildman–Crippen MR) is 22.8 cm³/mol. The van der Waals surface area contributed by atoms with Crippen LogP contribution in [0.1, 0.15) is 0 Å². The van der Waals surface area contributed by atoms with Crippen LogP contribution in [0.25, 0.3) is 0 Å². The van der Waals surface area contributed by atoms with Gasteiger partial charge >= 0.3 is 11.4 Å². The molecule has 7 heavy (non-hydrogen) atoms. The van der Waals surface area contributed by atoms with Crippen molar-refractivity contribution in [1.29, 1.82) is 0 Å². The summed E-state index contributed by atoms with van der Waals surface area (Å²) >= 11 is -2.30. The van der Waals surface area contributed by atoms with Crippen LogP contribution in [0, 0.1) is 0 Å². The van der Waals surface area contributed by atoms with Crippen LogP contribution in [0.15, 0.2) is 0 Å². The number of carbonyl (C=O) groups is 1. The molecule has 0 aliphatic heterocycles. The van der Waals surface area contributed by atoms with Crippen molar-refractivity contribution >= 4 is 17.6 Å². The molecular weight excluding hydrogens is 120 g/mol. The van der Waals surface area contributed by atoms with E-state index in [0.717, 1.165) is 0 Å². The Balaban J connectivity index is 2.97. The van der Waals surface area contributed by atoms with E-state index in [4.69, 9.17) is 4.55 Å². The van der Waals surface area contributed by atoms with Gasteiger partial charge in [0.05, 0.1) is 0 Å². The molecule has 0 fully saturated rings. The average Bonchev–Trinajstić information content (AvgIpc) is 1.61. The Morgan fingerprint density at radius 3 is 2.57 bits per heavy atom. The van der Waals surface area contributed by atoms with E-state index >= 15 is 0 Å². The van der Waals surface area contributed by atoms with E-state index in [-0.39, 0.29) is 6.61 Å². The number of aldehydes is 1. The molecule has 0 amide bonds. The third-order valence-corrected chi connectivity index (χ3v) is 0.575. The Morgan fingerprint density at radius 2 is 2.43 bits per heavy atom. The summed E-state index contributed by atoms with van der Waals surface area (Å²) < 4.78 is 21.1. The van der Waals surface area contributed by atoms with Crippen molar-refractivity contribution in [2.24, 2.45) is 0 Å². The molecule has 5 heteroatoms. The first kappa shape index (κ1) is 6.74. The molecule has 0 bridgehead atoms. The molecule has 0 saturated carbocycles. The minimum absolute atomic E-state index is 0.330. The molecule has 42 valence electrons. The van der Waals surface area contributed by atoms with Gasteiger partial charge in [-0.2, -0.15) is 4.21 Å². The summed E-state index contributed by atoms with van der Waals surface area (Å²) in [6, 6.07) is 0. The molecule has 0 spiro atoms. The van der Waals surface area contributed by atoms with E-state index < -0.39 is 11.4 Å². The summed E-state index contributed by atoms with van der Waals surface area (Å²) in [5.41, 5.74) is 0. The lowest BCUT2D eigenvalue weighted by molar-refractivity contribution is -0.109. The molecule has 0 heterocycles. The second-order valence-corrected chi connectivity index (χ2v) is 1.34. The van der Waals surface area contributed by atoms with E-state index in [0.29, 0.717) is 6.29 Å². The fraction of sp³-hybridized carbons (Fsp3) is 0.500. The second kappa shape index (κ2) is 3.91. The molecule has 4 nitrogen and oxygen atoms in total. The second-order valence-electron chi connectivity index (χ2n) is 0.668. The highest BCUT2D eigenvalue weighted by Gasteiger charge is 1.86. The third kappa shape index (κ3) is 5.74. The largest absolute Gasteiger partial charge is 0.302 e. The van der Waals surface area contributed by atoms with Crippen LogP contribution in [-0.4, -0.2) is 21.7 Å². The van der Waals surface area contributed by atoms with Gasteiger partial charge in [-0.15, -0.1) is 0 Å². The molecule has 1 N–H and O–H groups in total. The molecular formula is C2H4O4S. The molecule has 0 aromatic carbocycles. The van der Waals surface area contributed by atoms with Crippen LogP contribution in [0.4, 0.5) is 0 Å². The molecule has 0 aliphatic carbocycles. The van der Waals surface area contributed by atoms with E-state index in [9.17, 15) is 9.00 Å². The van der Waals surface area contributed by atoms with Gasteiger partial charge in [0.25, 0.3) is 0 Å². The lowest BCUT2D eigenvalue weighted by Crippen LogP contribution is -1.96. The monoisotopic (exact) mass is 124 g/mol. The molecule has 1 unspecified atom stereocenters. The maximum Gasteiger partial charge on any atom is 0.302 e. The fourth-order valence-corrected chi connectivity index (χ4v) is 0.258. The summed E-state index contributed by atoms with van der Waals surface area (Å²) in [5, 5.41) is 0. The van der Waals surface area contributed by atoms with Gasteiger partial charge in [-0.3, -0.25) is 8.74 Å².